The fourth-order valence-corrected chi connectivity index (χ4v) is 7.74. The average molecular weight is 756 g/mol. The zero-order valence-corrected chi connectivity index (χ0v) is 33.6. The van der Waals surface area contributed by atoms with Gasteiger partial charge in [0.15, 0.2) is 36.8 Å². The van der Waals surface area contributed by atoms with Crippen molar-refractivity contribution in [3.05, 3.63) is 68.9 Å². The standard InChI is InChI=1S/C37H50FN5O9Si/c1-20-13-21(2)28(25(14-20)50-23(4)44)36(8,9)15-27(45)52-30-24(17-47-37(30,10)18-48-53(11,12)35(5,6)7)43-19-40-29-31(39)42(33(38)41-32(29)43)16-26-22(3)49-34(46)51-26/h13-14,19,24,30,39H,15-18H2,1-12H3/t24-,30+,37-/m1/s1. The van der Waals surface area contributed by atoms with Crippen molar-refractivity contribution in [1.29, 1.82) is 5.41 Å². The number of carbonyl (C=O) groups is 2. The molecule has 1 aliphatic rings. The van der Waals surface area contributed by atoms with E-state index in [-0.39, 0.29) is 59.4 Å². The van der Waals surface area contributed by atoms with Gasteiger partial charge in [0.05, 0.1) is 38.5 Å². The number of aryl methyl sites for hydroxylation is 3. The van der Waals surface area contributed by atoms with E-state index in [9.17, 15) is 14.4 Å². The predicted octanol–water partition coefficient (Wildman–Crippen LogP) is 5.93. The third-order valence-electron chi connectivity index (χ3n) is 10.5. The van der Waals surface area contributed by atoms with Crippen LogP contribution in [-0.2, 0) is 35.4 Å². The van der Waals surface area contributed by atoms with Crippen molar-refractivity contribution in [3.8, 4) is 5.75 Å². The zero-order chi connectivity index (χ0) is 39.4. The Morgan fingerprint density at radius 2 is 1.81 bits per heavy atom. The van der Waals surface area contributed by atoms with Crippen molar-refractivity contribution in [1.82, 2.24) is 19.1 Å². The summed E-state index contributed by atoms with van der Waals surface area (Å²) in [4.78, 5) is 46.3. The number of rotatable bonds is 11. The quantitative estimate of drug-likeness (QED) is 0.0832. The van der Waals surface area contributed by atoms with Gasteiger partial charge in [-0.25, -0.2) is 9.78 Å². The SMILES string of the molecule is CC(=O)Oc1cc(C)cc(C)c1C(C)(C)CC(=O)O[C@H]1[C@H](n2cnc3c(=N)n(Cc4oc(=O)oc4C)c(F)nc32)CO[C@]1(C)CO[Si](C)(C)C(C)(C)C. The first-order chi connectivity index (χ1) is 24.4. The highest BCUT2D eigenvalue weighted by Gasteiger charge is 2.53. The molecule has 0 radical (unpaired) electrons. The number of aromatic nitrogens is 4. The van der Waals surface area contributed by atoms with Gasteiger partial charge in [-0.1, -0.05) is 40.7 Å². The number of nitrogens with zero attached hydrogens (tertiary/aromatic N) is 4. The van der Waals surface area contributed by atoms with Crippen LogP contribution in [0.5, 0.6) is 5.75 Å². The van der Waals surface area contributed by atoms with Crippen LogP contribution < -0.4 is 16.0 Å². The number of benzene rings is 1. The predicted molar refractivity (Wildman–Crippen MR) is 194 cm³/mol. The number of ether oxygens (including phenoxy) is 3. The van der Waals surface area contributed by atoms with Crippen LogP contribution in [0.1, 0.15) is 89.1 Å². The molecule has 0 saturated carbocycles. The second-order valence-corrected chi connectivity index (χ2v) is 21.1. The van der Waals surface area contributed by atoms with Crippen molar-refractivity contribution in [3.63, 3.8) is 0 Å². The van der Waals surface area contributed by atoms with E-state index in [1.807, 2.05) is 40.7 Å². The van der Waals surface area contributed by atoms with Gasteiger partial charge in [-0.2, -0.15) is 9.37 Å². The summed E-state index contributed by atoms with van der Waals surface area (Å²) < 4.78 is 53.1. The molecule has 0 amide bonds. The van der Waals surface area contributed by atoms with Gasteiger partial charge in [-0.3, -0.25) is 19.6 Å². The van der Waals surface area contributed by atoms with Crippen LogP contribution in [-0.4, -0.2) is 64.3 Å². The Morgan fingerprint density at radius 1 is 1.13 bits per heavy atom. The van der Waals surface area contributed by atoms with Gasteiger partial charge in [0, 0.05) is 17.9 Å². The molecule has 288 valence electrons. The highest BCUT2D eigenvalue weighted by molar-refractivity contribution is 6.74. The Balaban J connectivity index is 1.52. The molecule has 4 aromatic rings. The summed E-state index contributed by atoms with van der Waals surface area (Å²) in [5.41, 5.74) is 0.318. The average Bonchev–Trinajstić information content (AvgIpc) is 3.66. The number of esters is 2. The van der Waals surface area contributed by atoms with E-state index in [0.29, 0.717) is 11.3 Å². The van der Waals surface area contributed by atoms with Crippen LogP contribution in [0.4, 0.5) is 4.39 Å². The second-order valence-electron chi connectivity index (χ2n) is 16.3. The molecule has 5 rings (SSSR count). The Labute approximate surface area is 308 Å². The molecule has 14 nitrogen and oxygen atoms in total. The Hall–Kier alpha value is -4.41. The van der Waals surface area contributed by atoms with Crippen LogP contribution in [0.3, 0.4) is 0 Å². The first kappa shape index (κ1) is 39.8. The zero-order valence-electron chi connectivity index (χ0n) is 32.6. The maximum absolute atomic E-state index is 15.7. The molecule has 0 unspecified atom stereocenters. The van der Waals surface area contributed by atoms with Gasteiger partial charge < -0.3 is 32.0 Å². The minimum absolute atomic E-state index is 0.0416. The topological polar surface area (TPSA) is 174 Å². The number of halogens is 1. The third kappa shape index (κ3) is 7.94. The maximum atomic E-state index is 15.7. The molecule has 16 heteroatoms. The maximum Gasteiger partial charge on any atom is 0.519 e. The molecule has 0 aliphatic carbocycles. The van der Waals surface area contributed by atoms with E-state index >= 15 is 4.39 Å². The van der Waals surface area contributed by atoms with E-state index in [2.05, 4.69) is 43.8 Å². The molecule has 0 spiro atoms. The molecule has 53 heavy (non-hydrogen) atoms. The normalized spacial score (nSPS) is 19.6. The van der Waals surface area contributed by atoms with Crippen molar-refractivity contribution in [2.24, 2.45) is 0 Å². The van der Waals surface area contributed by atoms with Crippen molar-refractivity contribution < 1.29 is 41.5 Å². The summed E-state index contributed by atoms with van der Waals surface area (Å²) in [6, 6.07) is 3.02. The van der Waals surface area contributed by atoms with Crippen LogP contribution in [0.15, 0.2) is 32.1 Å². The number of nitrogens with one attached hydrogen (secondary N) is 1. The molecule has 0 bridgehead atoms. The first-order valence-corrected chi connectivity index (χ1v) is 20.4. The fraction of sp³-hybridized carbons (Fsp3) is 0.568. The van der Waals surface area contributed by atoms with Gasteiger partial charge in [0.25, 0.3) is 6.08 Å². The van der Waals surface area contributed by atoms with E-state index in [0.717, 1.165) is 15.7 Å². The molecule has 3 aromatic heterocycles. The van der Waals surface area contributed by atoms with Crippen molar-refractivity contribution >= 4 is 31.4 Å². The lowest BCUT2D eigenvalue weighted by Gasteiger charge is -2.40. The monoisotopic (exact) mass is 755 g/mol. The summed E-state index contributed by atoms with van der Waals surface area (Å²) >= 11 is 0. The van der Waals surface area contributed by atoms with Gasteiger partial charge in [-0.15, -0.1) is 0 Å². The summed E-state index contributed by atoms with van der Waals surface area (Å²) in [7, 11) is -2.29. The van der Waals surface area contributed by atoms with E-state index < -0.39 is 55.3 Å². The van der Waals surface area contributed by atoms with Gasteiger partial charge in [-0.05, 0) is 63.0 Å². The molecular formula is C37H50FN5O9Si. The molecule has 1 aromatic carbocycles. The molecule has 1 aliphatic heterocycles. The number of carbonyl (C=O) groups excluding carboxylic acids is 2. The Bertz CT molecular complexity index is 2180. The number of fused-ring (bicyclic) bond motifs is 1. The highest BCUT2D eigenvalue weighted by Crippen LogP contribution is 2.43. The van der Waals surface area contributed by atoms with Gasteiger partial charge in [0.2, 0.25) is 0 Å². The summed E-state index contributed by atoms with van der Waals surface area (Å²) in [5, 5.41) is 8.68. The van der Waals surface area contributed by atoms with Crippen LogP contribution in [0.25, 0.3) is 11.2 Å². The lowest BCUT2D eigenvalue weighted by molar-refractivity contribution is -0.163. The first-order valence-electron chi connectivity index (χ1n) is 17.5. The van der Waals surface area contributed by atoms with E-state index in [1.165, 1.54) is 20.2 Å². The largest absolute Gasteiger partial charge is 0.519 e. The minimum atomic E-state index is -2.29. The van der Waals surface area contributed by atoms with Crippen LogP contribution in [0.2, 0.25) is 18.1 Å². The number of hydrogen-bond donors (Lipinski definition) is 1. The van der Waals surface area contributed by atoms with E-state index in [4.69, 9.17) is 32.9 Å². The highest BCUT2D eigenvalue weighted by atomic mass is 28.4. The van der Waals surface area contributed by atoms with E-state index in [1.54, 1.807) is 10.6 Å². The Morgan fingerprint density at radius 3 is 2.42 bits per heavy atom. The molecule has 1 saturated heterocycles. The summed E-state index contributed by atoms with van der Waals surface area (Å²) in [5.74, 6) is -1.36. The Kier molecular flexibility index (Phi) is 10.6. The van der Waals surface area contributed by atoms with Gasteiger partial charge >= 0.3 is 17.8 Å². The third-order valence-corrected chi connectivity index (χ3v) is 14.9. The molecule has 1 N–H and O–H groups in total. The molecule has 4 heterocycles. The fourth-order valence-electron chi connectivity index (χ4n) is 6.66. The molecule has 3 atom stereocenters. The van der Waals surface area contributed by atoms with Crippen LogP contribution >= 0.6 is 0 Å². The minimum Gasteiger partial charge on any atom is -0.457 e. The van der Waals surface area contributed by atoms with Crippen LogP contribution in [0, 0.1) is 32.3 Å². The van der Waals surface area contributed by atoms with Gasteiger partial charge in [0.1, 0.15) is 17.1 Å². The lowest BCUT2D eigenvalue weighted by Crippen LogP contribution is -2.51. The molecule has 1 fully saturated rings. The number of imidazole rings is 1. The van der Waals surface area contributed by atoms with Crippen molar-refractivity contribution in [2.45, 2.75) is 123 Å². The summed E-state index contributed by atoms with van der Waals surface area (Å²) in [6.07, 6.45) is -0.633. The van der Waals surface area contributed by atoms with Crippen molar-refractivity contribution in [2.75, 3.05) is 13.2 Å². The summed E-state index contributed by atoms with van der Waals surface area (Å²) in [6.45, 7) is 22.7. The second kappa shape index (κ2) is 14.1. The lowest BCUT2D eigenvalue weighted by atomic mass is 9.78. The number of hydrogen-bond acceptors (Lipinski definition) is 12. The molecular weight excluding hydrogens is 706 g/mol. The smallest absolute Gasteiger partial charge is 0.457 e.